The molecule has 1 fully saturated rings. The van der Waals surface area contributed by atoms with Crippen molar-refractivity contribution in [3.63, 3.8) is 0 Å². The maximum atomic E-state index is 12.6. The molecule has 2 aliphatic heterocycles. The number of hydrogen-bond acceptors (Lipinski definition) is 7. The molecule has 0 bridgehead atoms. The van der Waals surface area contributed by atoms with Crippen LogP contribution in [0.4, 0.5) is 5.69 Å². The van der Waals surface area contributed by atoms with Crippen molar-refractivity contribution < 1.29 is 24.0 Å². The summed E-state index contributed by atoms with van der Waals surface area (Å²) in [7, 11) is 0. The summed E-state index contributed by atoms with van der Waals surface area (Å²) in [4.78, 5) is 47.9. The van der Waals surface area contributed by atoms with Gasteiger partial charge < -0.3 is 15.0 Å². The monoisotopic (exact) mass is 405 g/mol. The van der Waals surface area contributed by atoms with Gasteiger partial charge in [0.05, 0.1) is 17.4 Å². The molecule has 0 saturated carbocycles. The molecule has 2 atom stereocenters. The summed E-state index contributed by atoms with van der Waals surface area (Å²) in [5.74, 6) is -0.186. The highest BCUT2D eigenvalue weighted by Gasteiger charge is 2.49. The highest BCUT2D eigenvalue weighted by atomic mass is 32.2. The minimum absolute atomic E-state index is 0.0378. The number of amides is 2. The second kappa shape index (κ2) is 8.42. The largest absolute Gasteiger partial charge is 0.459 e. The minimum atomic E-state index is -0.772. The van der Waals surface area contributed by atoms with E-state index >= 15 is 0 Å². The summed E-state index contributed by atoms with van der Waals surface area (Å²) in [6, 6.07) is 4.88. The Kier molecular flexibility index (Phi) is 5.98. The molecule has 0 aromatic heterocycles. The molecule has 0 radical (unpaired) electrons. The van der Waals surface area contributed by atoms with Crippen LogP contribution in [-0.2, 0) is 25.7 Å². The Morgan fingerprint density at radius 2 is 2.07 bits per heavy atom. The number of fused-ring (bicyclic) bond motifs is 1. The molecule has 3 rings (SSSR count). The molecule has 1 aromatic carbocycles. The zero-order valence-corrected chi connectivity index (χ0v) is 15.9. The van der Waals surface area contributed by atoms with E-state index in [-0.39, 0.29) is 30.2 Å². The Balaban J connectivity index is 1.59. The van der Waals surface area contributed by atoms with Crippen molar-refractivity contribution in [1.29, 1.82) is 0 Å². The van der Waals surface area contributed by atoms with Crippen LogP contribution in [0.3, 0.4) is 0 Å². The number of nitro benzene ring substituents is 1. The summed E-state index contributed by atoms with van der Waals surface area (Å²) in [6.45, 7) is 1.85. The van der Waals surface area contributed by atoms with Gasteiger partial charge in [0.1, 0.15) is 6.61 Å². The van der Waals surface area contributed by atoms with Crippen molar-refractivity contribution in [3.8, 4) is 0 Å². The third kappa shape index (κ3) is 4.33. The maximum Gasteiger partial charge on any atom is 0.334 e. The van der Waals surface area contributed by atoms with Gasteiger partial charge in [-0.3, -0.25) is 19.7 Å². The zero-order valence-electron chi connectivity index (χ0n) is 15.1. The number of benzene rings is 1. The van der Waals surface area contributed by atoms with Crippen LogP contribution in [0.15, 0.2) is 35.2 Å². The number of rotatable bonds is 8. The van der Waals surface area contributed by atoms with Crippen molar-refractivity contribution in [2.75, 3.05) is 12.3 Å². The number of β-lactam (4-membered cyclic amide) rings is 1. The first kappa shape index (κ1) is 19.9. The topological polar surface area (TPSA) is 119 Å². The van der Waals surface area contributed by atoms with E-state index in [1.165, 1.54) is 47.9 Å². The number of carbonyl (C=O) groups is 3. The molecule has 28 heavy (non-hydrogen) atoms. The lowest BCUT2D eigenvalue weighted by molar-refractivity contribution is -0.384. The molecule has 2 heterocycles. The lowest BCUT2D eigenvalue weighted by atomic mass is 10.0. The first-order chi connectivity index (χ1) is 13.4. The summed E-state index contributed by atoms with van der Waals surface area (Å²) >= 11 is 1.42. The maximum absolute atomic E-state index is 12.6. The molecule has 0 aliphatic carbocycles. The van der Waals surface area contributed by atoms with Crippen molar-refractivity contribution in [2.45, 2.75) is 32.0 Å². The predicted molar refractivity (Wildman–Crippen MR) is 101 cm³/mol. The SMILES string of the molecule is CC(=O)NCCSC1=CC2CC(=O)N2C1C(=O)OCc1ccc([N+](=O)[O-])cc1. The van der Waals surface area contributed by atoms with Gasteiger partial charge in [0.25, 0.3) is 5.69 Å². The average Bonchev–Trinajstić information content (AvgIpc) is 2.95. The van der Waals surface area contributed by atoms with Crippen LogP contribution in [-0.4, -0.2) is 52.0 Å². The van der Waals surface area contributed by atoms with Gasteiger partial charge in [0, 0.05) is 36.3 Å². The third-order valence-corrected chi connectivity index (χ3v) is 5.53. The van der Waals surface area contributed by atoms with Crippen LogP contribution in [0, 0.1) is 10.1 Å². The van der Waals surface area contributed by atoms with Gasteiger partial charge >= 0.3 is 5.97 Å². The lowest BCUT2D eigenvalue weighted by Crippen LogP contribution is -2.55. The molecule has 0 spiro atoms. The molecular formula is C18H19N3O6S. The van der Waals surface area contributed by atoms with Crippen LogP contribution in [0.2, 0.25) is 0 Å². The Morgan fingerprint density at radius 1 is 1.36 bits per heavy atom. The number of hydrogen-bond donors (Lipinski definition) is 1. The number of ether oxygens (including phenoxy) is 1. The van der Waals surface area contributed by atoms with Crippen molar-refractivity contribution in [3.05, 3.63) is 50.9 Å². The van der Waals surface area contributed by atoms with E-state index in [1.54, 1.807) is 0 Å². The van der Waals surface area contributed by atoms with E-state index in [0.29, 0.717) is 24.3 Å². The van der Waals surface area contributed by atoms with Crippen LogP contribution in [0.5, 0.6) is 0 Å². The first-order valence-electron chi connectivity index (χ1n) is 8.67. The second-order valence-corrected chi connectivity index (χ2v) is 7.58. The molecule has 2 amide bonds. The summed E-state index contributed by atoms with van der Waals surface area (Å²) in [5.41, 5.74) is 0.577. The van der Waals surface area contributed by atoms with Gasteiger partial charge in [-0.25, -0.2) is 4.79 Å². The van der Waals surface area contributed by atoms with E-state index in [1.807, 2.05) is 6.08 Å². The minimum Gasteiger partial charge on any atom is -0.459 e. The van der Waals surface area contributed by atoms with Gasteiger partial charge in [0.2, 0.25) is 11.8 Å². The Labute approximate surface area is 165 Å². The second-order valence-electron chi connectivity index (χ2n) is 6.41. The molecule has 10 heteroatoms. The van der Waals surface area contributed by atoms with Crippen molar-refractivity contribution in [2.24, 2.45) is 0 Å². The highest BCUT2D eigenvalue weighted by Crippen LogP contribution is 2.39. The molecule has 2 unspecified atom stereocenters. The van der Waals surface area contributed by atoms with E-state index in [0.717, 1.165) is 4.91 Å². The summed E-state index contributed by atoms with van der Waals surface area (Å²) in [6.07, 6.45) is 2.28. The van der Waals surface area contributed by atoms with E-state index in [9.17, 15) is 24.5 Å². The number of nitrogens with zero attached hydrogens (tertiary/aromatic N) is 2. The standard InChI is InChI=1S/C18H19N3O6S/c1-11(22)19-6-7-28-15-8-14-9-16(23)20(14)17(15)18(24)27-10-12-2-4-13(5-3-12)21(25)26/h2-5,8,14,17H,6-7,9-10H2,1H3,(H,19,22). The number of non-ortho nitro benzene ring substituents is 1. The summed E-state index contributed by atoms with van der Waals surface area (Å²) < 4.78 is 5.36. The number of thioether (sulfide) groups is 1. The fourth-order valence-corrected chi connectivity index (χ4v) is 4.11. The van der Waals surface area contributed by atoms with E-state index in [2.05, 4.69) is 5.32 Å². The highest BCUT2D eigenvalue weighted by molar-refractivity contribution is 8.03. The number of esters is 1. The van der Waals surface area contributed by atoms with E-state index < -0.39 is 16.9 Å². The molecule has 1 N–H and O–H groups in total. The van der Waals surface area contributed by atoms with Gasteiger partial charge in [-0.1, -0.05) is 0 Å². The average molecular weight is 405 g/mol. The predicted octanol–water partition coefficient (Wildman–Crippen LogP) is 1.37. The van der Waals surface area contributed by atoms with Crippen LogP contribution in [0.1, 0.15) is 18.9 Å². The number of nitro groups is 1. The summed E-state index contributed by atoms with van der Waals surface area (Å²) in [5, 5.41) is 13.4. The zero-order chi connectivity index (χ0) is 20.3. The van der Waals surface area contributed by atoms with Crippen molar-refractivity contribution in [1.82, 2.24) is 10.2 Å². The molecule has 9 nitrogen and oxygen atoms in total. The molecule has 1 aromatic rings. The van der Waals surface area contributed by atoms with Gasteiger partial charge in [0.15, 0.2) is 6.04 Å². The van der Waals surface area contributed by atoms with Crippen molar-refractivity contribution >= 4 is 35.2 Å². The normalized spacial score (nSPS) is 20.1. The first-order valence-corrected chi connectivity index (χ1v) is 9.65. The number of nitrogens with one attached hydrogen (secondary N) is 1. The van der Waals surface area contributed by atoms with Crippen LogP contribution < -0.4 is 5.32 Å². The molecule has 2 aliphatic rings. The Hall–Kier alpha value is -2.88. The quantitative estimate of drug-likeness (QED) is 0.228. The van der Waals surface area contributed by atoms with Gasteiger partial charge in [-0.05, 0) is 23.8 Å². The van der Waals surface area contributed by atoms with Gasteiger partial charge in [-0.15, -0.1) is 11.8 Å². The smallest absolute Gasteiger partial charge is 0.334 e. The van der Waals surface area contributed by atoms with Crippen LogP contribution >= 0.6 is 11.8 Å². The Morgan fingerprint density at radius 3 is 2.68 bits per heavy atom. The molecule has 1 saturated heterocycles. The number of carbonyl (C=O) groups excluding carboxylic acids is 3. The fraction of sp³-hybridized carbons (Fsp3) is 0.389. The Bertz CT molecular complexity index is 838. The lowest BCUT2D eigenvalue weighted by Gasteiger charge is -2.38. The van der Waals surface area contributed by atoms with E-state index in [4.69, 9.17) is 4.74 Å². The molecule has 148 valence electrons. The van der Waals surface area contributed by atoms with Gasteiger partial charge in [-0.2, -0.15) is 0 Å². The third-order valence-electron chi connectivity index (χ3n) is 4.43. The fourth-order valence-electron chi connectivity index (χ4n) is 3.05. The molecular weight excluding hydrogens is 386 g/mol. The van der Waals surface area contributed by atoms with Crippen LogP contribution in [0.25, 0.3) is 0 Å².